The van der Waals surface area contributed by atoms with E-state index in [1.165, 1.54) is 11.8 Å². The summed E-state index contributed by atoms with van der Waals surface area (Å²) in [5.74, 6) is -0.369. The molecule has 1 atom stereocenters. The second-order valence-corrected chi connectivity index (χ2v) is 7.69. The number of carbonyl (C=O) groups excluding carboxylic acids is 2. The summed E-state index contributed by atoms with van der Waals surface area (Å²) >= 11 is 1.27. The summed E-state index contributed by atoms with van der Waals surface area (Å²) in [5, 5.41) is 13.9. The van der Waals surface area contributed by atoms with Crippen LogP contribution >= 0.6 is 11.8 Å². The molecule has 2 fully saturated rings. The van der Waals surface area contributed by atoms with Crippen molar-refractivity contribution in [1.82, 2.24) is 5.32 Å². The Labute approximate surface area is 151 Å². The van der Waals surface area contributed by atoms with E-state index in [0.29, 0.717) is 5.17 Å². The van der Waals surface area contributed by atoms with Crippen LogP contribution in [0.25, 0.3) is 0 Å². The zero-order chi connectivity index (χ0) is 17.8. The van der Waals surface area contributed by atoms with Gasteiger partial charge in [0.25, 0.3) is 0 Å². The van der Waals surface area contributed by atoms with Crippen molar-refractivity contribution < 1.29 is 9.59 Å². The minimum Gasteiger partial charge on any atom is -0.326 e. The molecule has 0 aromatic heterocycles. The quantitative estimate of drug-likeness (QED) is 0.811. The molecule has 7 heteroatoms. The highest BCUT2D eigenvalue weighted by atomic mass is 32.2. The normalized spacial score (nSPS) is 21.5. The Morgan fingerprint density at radius 2 is 1.88 bits per heavy atom. The number of carbonyl (C=O) groups is 2. The van der Waals surface area contributed by atoms with Crippen molar-refractivity contribution in [2.45, 2.75) is 51.2 Å². The van der Waals surface area contributed by atoms with Crippen molar-refractivity contribution in [2.24, 2.45) is 10.2 Å². The summed E-state index contributed by atoms with van der Waals surface area (Å²) in [4.78, 5) is 24.3. The number of benzene rings is 1. The molecule has 1 aromatic carbocycles. The molecular formula is C18H22N4O2S. The Morgan fingerprint density at radius 1 is 1.20 bits per heavy atom. The zero-order valence-electron chi connectivity index (χ0n) is 14.5. The molecule has 1 aromatic rings. The minimum absolute atomic E-state index is 0.110. The molecule has 2 aliphatic rings. The number of nitrogens with zero attached hydrogens (tertiary/aromatic N) is 2. The highest BCUT2D eigenvalue weighted by Gasteiger charge is 2.32. The number of thioether (sulfide) groups is 1. The van der Waals surface area contributed by atoms with Crippen molar-refractivity contribution in [1.29, 1.82) is 0 Å². The lowest BCUT2D eigenvalue weighted by atomic mass is 10.1. The number of nitrogens with one attached hydrogen (secondary N) is 2. The summed E-state index contributed by atoms with van der Waals surface area (Å²) in [7, 11) is 0. The first-order valence-electron chi connectivity index (χ1n) is 8.48. The lowest BCUT2D eigenvalue weighted by Gasteiger charge is -2.09. The third kappa shape index (κ3) is 4.92. The smallest absolute Gasteiger partial charge is 0.240 e. The largest absolute Gasteiger partial charge is 0.326 e. The lowest BCUT2D eigenvalue weighted by molar-refractivity contribution is -0.122. The molecule has 0 radical (unpaired) electrons. The van der Waals surface area contributed by atoms with Crippen LogP contribution in [-0.2, 0) is 9.59 Å². The Morgan fingerprint density at radius 3 is 2.56 bits per heavy atom. The van der Waals surface area contributed by atoms with E-state index in [1.807, 2.05) is 32.0 Å². The van der Waals surface area contributed by atoms with Gasteiger partial charge in [0, 0.05) is 17.8 Å². The van der Waals surface area contributed by atoms with E-state index in [2.05, 4.69) is 20.8 Å². The molecule has 2 amide bonds. The molecule has 1 aliphatic heterocycles. The molecule has 2 N–H and O–H groups in total. The van der Waals surface area contributed by atoms with Gasteiger partial charge in [0.1, 0.15) is 5.25 Å². The summed E-state index contributed by atoms with van der Waals surface area (Å²) in [6.45, 7) is 3.97. The molecular weight excluding hydrogens is 336 g/mol. The molecule has 1 saturated carbocycles. The van der Waals surface area contributed by atoms with E-state index in [0.717, 1.165) is 48.2 Å². The number of rotatable bonds is 4. The van der Waals surface area contributed by atoms with Crippen LogP contribution in [0.3, 0.4) is 0 Å². The van der Waals surface area contributed by atoms with Crippen LogP contribution in [0, 0.1) is 13.8 Å². The molecule has 6 nitrogen and oxygen atoms in total. The highest BCUT2D eigenvalue weighted by molar-refractivity contribution is 8.15. The summed E-state index contributed by atoms with van der Waals surface area (Å²) in [6.07, 6.45) is 4.39. The second-order valence-electron chi connectivity index (χ2n) is 6.50. The van der Waals surface area contributed by atoms with E-state index in [9.17, 15) is 9.59 Å². The van der Waals surface area contributed by atoms with Gasteiger partial charge >= 0.3 is 0 Å². The van der Waals surface area contributed by atoms with Gasteiger partial charge in [0.05, 0.1) is 0 Å². The van der Waals surface area contributed by atoms with E-state index in [-0.39, 0.29) is 18.2 Å². The Balaban J connectivity index is 1.57. The predicted octanol–water partition coefficient (Wildman–Crippen LogP) is 3.15. The SMILES string of the molecule is Cc1cc(C)cc(NC(=O)C[C@H]2S/C(=N/N=C3CCCC3)NC2=O)c1. The molecule has 25 heavy (non-hydrogen) atoms. The van der Waals surface area contributed by atoms with Crippen molar-refractivity contribution >= 4 is 40.1 Å². The molecule has 1 saturated heterocycles. The molecule has 3 rings (SSSR count). The first-order chi connectivity index (χ1) is 12.0. The topological polar surface area (TPSA) is 82.9 Å². The average Bonchev–Trinajstić information content (AvgIpc) is 3.14. The van der Waals surface area contributed by atoms with Crippen molar-refractivity contribution in [3.05, 3.63) is 29.3 Å². The minimum atomic E-state index is -0.464. The molecule has 0 unspecified atom stereocenters. The Bertz CT molecular complexity index is 729. The van der Waals surface area contributed by atoms with Crippen LogP contribution in [0.15, 0.2) is 28.4 Å². The molecule has 1 heterocycles. The number of hydrogen-bond acceptors (Lipinski definition) is 5. The van der Waals surface area contributed by atoms with E-state index < -0.39 is 5.25 Å². The molecule has 1 aliphatic carbocycles. The summed E-state index contributed by atoms with van der Waals surface area (Å²) in [6, 6.07) is 5.87. The summed E-state index contributed by atoms with van der Waals surface area (Å²) < 4.78 is 0. The maximum Gasteiger partial charge on any atom is 0.240 e. The van der Waals surface area contributed by atoms with Gasteiger partial charge < -0.3 is 10.6 Å². The van der Waals surface area contributed by atoms with Gasteiger partial charge in [-0.15, -0.1) is 5.10 Å². The maximum absolute atomic E-state index is 12.2. The molecule has 0 bridgehead atoms. The fourth-order valence-electron chi connectivity index (χ4n) is 3.01. The van der Waals surface area contributed by atoms with E-state index >= 15 is 0 Å². The standard InChI is InChI=1S/C18H22N4O2S/c1-11-7-12(2)9-14(8-11)19-16(23)10-15-17(24)20-18(25-15)22-21-13-5-3-4-6-13/h7-9,15H,3-6,10H2,1-2H3,(H,19,23)(H,20,22,24)/t15-/m1/s1. The number of aryl methyl sites for hydroxylation is 2. The van der Waals surface area contributed by atoms with Gasteiger partial charge in [-0.05, 0) is 62.8 Å². The fraction of sp³-hybridized carbons (Fsp3) is 0.444. The number of amidine groups is 1. The number of anilines is 1. The van der Waals surface area contributed by atoms with Crippen LogP contribution in [0.5, 0.6) is 0 Å². The van der Waals surface area contributed by atoms with E-state index in [1.54, 1.807) is 0 Å². The Hall–Kier alpha value is -2.15. The van der Waals surface area contributed by atoms with Gasteiger partial charge in [-0.25, -0.2) is 0 Å². The van der Waals surface area contributed by atoms with Crippen LogP contribution in [0.2, 0.25) is 0 Å². The average molecular weight is 358 g/mol. The zero-order valence-corrected chi connectivity index (χ0v) is 15.3. The van der Waals surface area contributed by atoms with Crippen LogP contribution in [0.4, 0.5) is 5.69 Å². The van der Waals surface area contributed by atoms with Gasteiger partial charge in [-0.2, -0.15) is 5.10 Å². The highest BCUT2D eigenvalue weighted by Crippen LogP contribution is 2.24. The van der Waals surface area contributed by atoms with E-state index in [4.69, 9.17) is 0 Å². The van der Waals surface area contributed by atoms with Gasteiger partial charge in [0.15, 0.2) is 5.17 Å². The van der Waals surface area contributed by atoms with Crippen molar-refractivity contribution in [3.63, 3.8) is 0 Å². The summed E-state index contributed by atoms with van der Waals surface area (Å²) in [5.41, 5.74) is 4.01. The maximum atomic E-state index is 12.2. The van der Waals surface area contributed by atoms with Crippen molar-refractivity contribution in [2.75, 3.05) is 5.32 Å². The van der Waals surface area contributed by atoms with Crippen LogP contribution in [-0.4, -0.2) is 27.9 Å². The fourth-order valence-corrected chi connectivity index (χ4v) is 3.93. The number of hydrogen-bond donors (Lipinski definition) is 2. The van der Waals surface area contributed by atoms with Gasteiger partial charge in [-0.3, -0.25) is 9.59 Å². The van der Waals surface area contributed by atoms with Crippen LogP contribution in [0.1, 0.15) is 43.2 Å². The predicted molar refractivity (Wildman–Crippen MR) is 102 cm³/mol. The third-order valence-electron chi connectivity index (χ3n) is 4.12. The second kappa shape index (κ2) is 7.82. The van der Waals surface area contributed by atoms with Crippen LogP contribution < -0.4 is 10.6 Å². The molecule has 0 spiro atoms. The Kier molecular flexibility index (Phi) is 5.53. The van der Waals surface area contributed by atoms with Gasteiger partial charge in [0.2, 0.25) is 11.8 Å². The third-order valence-corrected chi connectivity index (χ3v) is 5.19. The lowest BCUT2D eigenvalue weighted by Crippen LogP contribution is -2.28. The number of amides is 2. The van der Waals surface area contributed by atoms with Gasteiger partial charge in [-0.1, -0.05) is 17.8 Å². The molecule has 132 valence electrons. The van der Waals surface area contributed by atoms with Crippen molar-refractivity contribution in [3.8, 4) is 0 Å². The monoisotopic (exact) mass is 358 g/mol. The first kappa shape index (κ1) is 17.7. The first-order valence-corrected chi connectivity index (χ1v) is 9.36.